The quantitative estimate of drug-likeness (QED) is 0.452. The highest BCUT2D eigenvalue weighted by Crippen LogP contribution is 1.92. The minimum Gasteiger partial charge on any atom is -0.0622 e. The van der Waals surface area contributed by atoms with Crippen molar-refractivity contribution in [2.24, 2.45) is 0 Å². The van der Waals surface area contributed by atoms with E-state index in [-0.39, 0.29) is 23.1 Å². The summed E-state index contributed by atoms with van der Waals surface area (Å²) >= 11 is 0. The van der Waals surface area contributed by atoms with Crippen molar-refractivity contribution in [1.29, 1.82) is 0 Å². The van der Waals surface area contributed by atoms with Crippen molar-refractivity contribution in [3.63, 3.8) is 0 Å². The number of benzene rings is 1. The fourth-order valence-corrected chi connectivity index (χ4v) is 0.534. The van der Waals surface area contributed by atoms with E-state index in [1.807, 2.05) is 18.2 Å². The first-order valence-corrected chi connectivity index (χ1v) is 2.41. The van der Waals surface area contributed by atoms with Gasteiger partial charge in [-0.25, -0.2) is 0 Å². The van der Waals surface area contributed by atoms with Crippen LogP contribution in [0.2, 0.25) is 0 Å². The highest BCUT2D eigenvalue weighted by atomic mass is 24.3. The Hall–Kier alpha value is -0.0138. The second kappa shape index (κ2) is 3.93. The van der Waals surface area contributed by atoms with Crippen LogP contribution in [-0.4, -0.2) is 23.1 Å². The smallest absolute Gasteiger partial charge is 0 e. The highest BCUT2D eigenvalue weighted by molar-refractivity contribution is 5.75. The number of rotatable bonds is 0. The van der Waals surface area contributed by atoms with Crippen molar-refractivity contribution in [3.05, 3.63) is 35.9 Å². The van der Waals surface area contributed by atoms with Crippen LogP contribution in [0.5, 0.6) is 0 Å². The van der Waals surface area contributed by atoms with Crippen molar-refractivity contribution in [2.75, 3.05) is 0 Å². The number of hydrogen-bond donors (Lipinski definition) is 0. The van der Waals surface area contributed by atoms with E-state index in [0.29, 0.717) is 0 Å². The molecule has 0 aromatic heterocycles. The average molecular weight is 116 g/mol. The van der Waals surface area contributed by atoms with Gasteiger partial charge in [-0.15, -0.1) is 0 Å². The van der Waals surface area contributed by atoms with Crippen molar-refractivity contribution < 1.29 is 0 Å². The van der Waals surface area contributed by atoms with Crippen LogP contribution in [0.1, 0.15) is 5.56 Å². The lowest BCUT2D eigenvalue weighted by atomic mass is 10.2. The zero-order valence-electron chi connectivity index (χ0n) is 5.09. The first-order chi connectivity index (χ1) is 3.39. The molecule has 0 atom stereocenters. The van der Waals surface area contributed by atoms with Gasteiger partial charge in [0, 0.05) is 23.1 Å². The van der Waals surface area contributed by atoms with E-state index < -0.39 is 0 Å². The Morgan fingerprint density at radius 2 is 1.50 bits per heavy atom. The van der Waals surface area contributed by atoms with E-state index in [2.05, 4.69) is 19.1 Å². The topological polar surface area (TPSA) is 0 Å². The number of hydrogen-bond acceptors (Lipinski definition) is 0. The SMILES string of the molecule is Cc1ccccc1.[Mg]. The predicted octanol–water partition coefficient (Wildman–Crippen LogP) is 1.61. The summed E-state index contributed by atoms with van der Waals surface area (Å²) in [6.07, 6.45) is 0. The zero-order valence-corrected chi connectivity index (χ0v) is 6.51. The van der Waals surface area contributed by atoms with E-state index in [0.717, 1.165) is 0 Å². The predicted molar refractivity (Wildman–Crippen MR) is 36.9 cm³/mol. The molecule has 0 saturated heterocycles. The molecule has 0 bridgehead atoms. The standard InChI is InChI=1S/C7H8.Mg/c1-7-5-3-2-4-6-7;/h2-6H,1H3;. The van der Waals surface area contributed by atoms with Gasteiger partial charge >= 0.3 is 0 Å². The van der Waals surface area contributed by atoms with Gasteiger partial charge in [0.1, 0.15) is 0 Å². The Balaban J connectivity index is 0.000000490. The van der Waals surface area contributed by atoms with Crippen molar-refractivity contribution in [2.45, 2.75) is 6.92 Å². The summed E-state index contributed by atoms with van der Waals surface area (Å²) in [6, 6.07) is 10.3. The summed E-state index contributed by atoms with van der Waals surface area (Å²) in [5, 5.41) is 0. The monoisotopic (exact) mass is 116 g/mol. The molecule has 1 aromatic rings. The van der Waals surface area contributed by atoms with Crippen LogP contribution < -0.4 is 0 Å². The maximum atomic E-state index is 2.08. The lowest BCUT2D eigenvalue weighted by Crippen LogP contribution is -1.62. The zero-order chi connectivity index (χ0) is 5.11. The second-order valence-corrected chi connectivity index (χ2v) is 1.65. The molecule has 0 heterocycles. The van der Waals surface area contributed by atoms with Crippen LogP contribution in [0, 0.1) is 6.92 Å². The first kappa shape index (κ1) is 7.99. The van der Waals surface area contributed by atoms with Gasteiger partial charge in [0.15, 0.2) is 0 Å². The van der Waals surface area contributed by atoms with Gasteiger partial charge in [-0.05, 0) is 6.92 Å². The molecule has 2 radical (unpaired) electrons. The molecule has 0 aliphatic rings. The van der Waals surface area contributed by atoms with E-state index >= 15 is 0 Å². The molecule has 1 rings (SSSR count). The molecule has 1 heteroatoms. The molecule has 38 valence electrons. The summed E-state index contributed by atoms with van der Waals surface area (Å²) in [5.41, 5.74) is 1.32. The van der Waals surface area contributed by atoms with Gasteiger partial charge in [0.05, 0.1) is 0 Å². The van der Waals surface area contributed by atoms with Crippen molar-refractivity contribution >= 4 is 23.1 Å². The Labute approximate surface area is 66.1 Å². The van der Waals surface area contributed by atoms with Crippen LogP contribution >= 0.6 is 0 Å². The summed E-state index contributed by atoms with van der Waals surface area (Å²) in [6.45, 7) is 2.08. The minimum absolute atomic E-state index is 0. The molecule has 0 fully saturated rings. The normalized spacial score (nSPS) is 7.62. The largest absolute Gasteiger partial charge is 0.0622 e. The van der Waals surface area contributed by atoms with E-state index in [1.165, 1.54) is 5.56 Å². The van der Waals surface area contributed by atoms with Crippen LogP contribution in [0.15, 0.2) is 30.3 Å². The summed E-state index contributed by atoms with van der Waals surface area (Å²) < 4.78 is 0. The fourth-order valence-electron chi connectivity index (χ4n) is 0.534. The van der Waals surface area contributed by atoms with Crippen molar-refractivity contribution in [1.82, 2.24) is 0 Å². The Kier molecular flexibility index (Phi) is 3.92. The third kappa shape index (κ3) is 2.33. The van der Waals surface area contributed by atoms with Gasteiger partial charge in [-0.2, -0.15) is 0 Å². The molecule has 0 nitrogen and oxygen atoms in total. The average Bonchev–Trinajstić information content (AvgIpc) is 1.69. The molecule has 8 heavy (non-hydrogen) atoms. The van der Waals surface area contributed by atoms with Crippen molar-refractivity contribution in [3.8, 4) is 0 Å². The molecule has 0 saturated carbocycles. The molecule has 0 unspecified atom stereocenters. The fraction of sp³-hybridized carbons (Fsp3) is 0.143. The van der Waals surface area contributed by atoms with Gasteiger partial charge in [0.2, 0.25) is 0 Å². The molecule has 0 amide bonds. The van der Waals surface area contributed by atoms with E-state index in [9.17, 15) is 0 Å². The van der Waals surface area contributed by atoms with E-state index in [1.54, 1.807) is 0 Å². The van der Waals surface area contributed by atoms with Crippen LogP contribution in [0.4, 0.5) is 0 Å². The minimum atomic E-state index is 0. The Morgan fingerprint density at radius 1 is 1.00 bits per heavy atom. The summed E-state index contributed by atoms with van der Waals surface area (Å²) in [5.74, 6) is 0. The maximum Gasteiger partial charge on any atom is 0 e. The van der Waals surface area contributed by atoms with Gasteiger partial charge in [0.25, 0.3) is 0 Å². The first-order valence-electron chi connectivity index (χ1n) is 2.41. The molecule has 0 aliphatic heterocycles. The molecule has 1 aromatic carbocycles. The lowest BCUT2D eigenvalue weighted by Gasteiger charge is -1.82. The lowest BCUT2D eigenvalue weighted by molar-refractivity contribution is 1.48. The third-order valence-electron chi connectivity index (χ3n) is 0.940. The second-order valence-electron chi connectivity index (χ2n) is 1.65. The Morgan fingerprint density at radius 3 is 1.75 bits per heavy atom. The maximum absolute atomic E-state index is 2.08. The van der Waals surface area contributed by atoms with Gasteiger partial charge in [-0.1, -0.05) is 35.9 Å². The van der Waals surface area contributed by atoms with Gasteiger partial charge in [-0.3, -0.25) is 0 Å². The summed E-state index contributed by atoms with van der Waals surface area (Å²) in [7, 11) is 0. The Bertz CT molecular complexity index is 134. The van der Waals surface area contributed by atoms with Crippen LogP contribution in [0.3, 0.4) is 0 Å². The molecular formula is C7H8Mg. The molecule has 0 N–H and O–H groups in total. The highest BCUT2D eigenvalue weighted by Gasteiger charge is 1.72. The molecule has 0 aliphatic carbocycles. The van der Waals surface area contributed by atoms with E-state index in [4.69, 9.17) is 0 Å². The number of aryl methyl sites for hydroxylation is 1. The van der Waals surface area contributed by atoms with Crippen LogP contribution in [0.25, 0.3) is 0 Å². The van der Waals surface area contributed by atoms with Crippen LogP contribution in [-0.2, 0) is 0 Å². The van der Waals surface area contributed by atoms with Gasteiger partial charge < -0.3 is 0 Å². The third-order valence-corrected chi connectivity index (χ3v) is 0.940. The summed E-state index contributed by atoms with van der Waals surface area (Å²) in [4.78, 5) is 0. The molecule has 0 spiro atoms. The molecular weight excluding hydrogens is 108 g/mol.